The van der Waals surface area contributed by atoms with Crippen molar-refractivity contribution in [3.63, 3.8) is 0 Å². The Balaban J connectivity index is 2.20. The van der Waals surface area contributed by atoms with E-state index in [0.29, 0.717) is 25.5 Å². The molecule has 1 N–H and O–H groups in total. The van der Waals surface area contributed by atoms with E-state index in [9.17, 15) is 8.42 Å². The number of alkyl halides is 1. The molecule has 0 radical (unpaired) electrons. The Kier molecular flexibility index (Phi) is 6.03. The zero-order chi connectivity index (χ0) is 12.0. The van der Waals surface area contributed by atoms with Gasteiger partial charge in [0.15, 0.2) is 0 Å². The van der Waals surface area contributed by atoms with Gasteiger partial charge in [0, 0.05) is 25.6 Å². The van der Waals surface area contributed by atoms with Crippen molar-refractivity contribution in [2.45, 2.75) is 31.1 Å². The fraction of sp³-hybridized carbons (Fsp3) is 1.00. The zero-order valence-electron chi connectivity index (χ0n) is 9.62. The standard InChI is InChI=1S/C10H20ClNO3S/c1-15-5-2-6-16(13,14)12-8-9-3-4-10(11)7-9/h9-10,12H,2-8H2,1H3. The molecule has 0 saturated heterocycles. The highest BCUT2D eigenvalue weighted by Crippen LogP contribution is 2.28. The van der Waals surface area contributed by atoms with Crippen molar-refractivity contribution in [3.8, 4) is 0 Å². The highest BCUT2D eigenvalue weighted by Gasteiger charge is 2.24. The van der Waals surface area contributed by atoms with Gasteiger partial charge in [-0.25, -0.2) is 13.1 Å². The maximum atomic E-state index is 11.5. The van der Waals surface area contributed by atoms with Crippen LogP contribution in [0.2, 0.25) is 0 Å². The Bertz CT molecular complexity index is 294. The van der Waals surface area contributed by atoms with Crippen LogP contribution in [0.3, 0.4) is 0 Å². The third-order valence-electron chi connectivity index (χ3n) is 2.83. The average molecular weight is 270 g/mol. The fourth-order valence-corrected chi connectivity index (χ4v) is 3.42. The maximum Gasteiger partial charge on any atom is 0.211 e. The van der Waals surface area contributed by atoms with Crippen molar-refractivity contribution in [2.75, 3.05) is 26.0 Å². The molecular weight excluding hydrogens is 250 g/mol. The molecule has 2 unspecified atom stereocenters. The third-order valence-corrected chi connectivity index (χ3v) is 4.66. The number of sulfonamides is 1. The van der Waals surface area contributed by atoms with E-state index < -0.39 is 10.0 Å². The molecule has 1 rings (SSSR count). The number of hydrogen-bond donors (Lipinski definition) is 1. The molecule has 2 atom stereocenters. The number of rotatable bonds is 7. The van der Waals surface area contributed by atoms with Crippen LogP contribution in [0, 0.1) is 5.92 Å². The summed E-state index contributed by atoms with van der Waals surface area (Å²) in [5.74, 6) is 0.539. The van der Waals surface area contributed by atoms with Crippen LogP contribution in [0.1, 0.15) is 25.7 Å². The number of hydrogen-bond acceptors (Lipinski definition) is 3. The molecule has 0 spiro atoms. The predicted octanol–water partition coefficient (Wildman–Crippen LogP) is 1.35. The smallest absolute Gasteiger partial charge is 0.211 e. The summed E-state index contributed by atoms with van der Waals surface area (Å²) in [6.07, 6.45) is 3.48. The quantitative estimate of drug-likeness (QED) is 0.561. The second-order valence-corrected chi connectivity index (χ2v) is 6.83. The first kappa shape index (κ1) is 14.2. The molecule has 96 valence electrons. The highest BCUT2D eigenvalue weighted by molar-refractivity contribution is 7.89. The van der Waals surface area contributed by atoms with Crippen LogP contribution in [-0.2, 0) is 14.8 Å². The number of nitrogens with one attached hydrogen (secondary N) is 1. The van der Waals surface area contributed by atoms with Gasteiger partial charge in [0.1, 0.15) is 0 Å². The van der Waals surface area contributed by atoms with Crippen molar-refractivity contribution in [1.29, 1.82) is 0 Å². The minimum absolute atomic E-state index is 0.137. The summed E-state index contributed by atoms with van der Waals surface area (Å²) in [6, 6.07) is 0. The number of halogens is 1. The lowest BCUT2D eigenvalue weighted by Crippen LogP contribution is -2.31. The number of ether oxygens (including phenoxy) is 1. The van der Waals surface area contributed by atoms with Crippen LogP contribution >= 0.6 is 11.6 Å². The van der Waals surface area contributed by atoms with Gasteiger partial charge in [-0.3, -0.25) is 0 Å². The van der Waals surface area contributed by atoms with Gasteiger partial charge in [-0.15, -0.1) is 11.6 Å². The first-order chi connectivity index (χ1) is 7.53. The summed E-state index contributed by atoms with van der Waals surface area (Å²) < 4.78 is 30.5. The first-order valence-electron chi connectivity index (χ1n) is 5.64. The molecule has 0 aliphatic heterocycles. The molecule has 0 aromatic carbocycles. The SMILES string of the molecule is COCCCS(=O)(=O)NCC1CCC(Cl)C1. The Morgan fingerprint density at radius 2 is 2.19 bits per heavy atom. The molecule has 4 nitrogen and oxygen atoms in total. The highest BCUT2D eigenvalue weighted by atomic mass is 35.5. The normalized spacial score (nSPS) is 26.1. The van der Waals surface area contributed by atoms with Gasteiger partial charge in [0.2, 0.25) is 10.0 Å². The molecule has 16 heavy (non-hydrogen) atoms. The van der Waals surface area contributed by atoms with Crippen LogP contribution < -0.4 is 4.72 Å². The summed E-state index contributed by atoms with van der Waals surface area (Å²) in [6.45, 7) is 1.01. The molecule has 0 aromatic heterocycles. The van der Waals surface area contributed by atoms with E-state index in [0.717, 1.165) is 19.3 Å². The lowest BCUT2D eigenvalue weighted by Gasteiger charge is -2.11. The molecule has 0 aromatic rings. The van der Waals surface area contributed by atoms with Gasteiger partial charge in [-0.05, 0) is 31.6 Å². The molecule has 1 aliphatic carbocycles. The van der Waals surface area contributed by atoms with Crippen LogP contribution in [0.5, 0.6) is 0 Å². The van der Waals surface area contributed by atoms with Gasteiger partial charge >= 0.3 is 0 Å². The van der Waals surface area contributed by atoms with E-state index in [1.165, 1.54) is 0 Å². The van der Waals surface area contributed by atoms with Gasteiger partial charge in [-0.1, -0.05) is 0 Å². The summed E-state index contributed by atoms with van der Waals surface area (Å²) in [7, 11) is -1.56. The average Bonchev–Trinajstić information content (AvgIpc) is 2.62. The Hall–Kier alpha value is 0.160. The molecular formula is C10H20ClNO3S. The Morgan fingerprint density at radius 1 is 1.44 bits per heavy atom. The second kappa shape index (κ2) is 6.79. The summed E-state index contributed by atoms with van der Waals surface area (Å²) in [4.78, 5) is 0. The first-order valence-corrected chi connectivity index (χ1v) is 7.72. The van der Waals surface area contributed by atoms with E-state index in [-0.39, 0.29) is 11.1 Å². The van der Waals surface area contributed by atoms with Crippen molar-refractivity contribution in [1.82, 2.24) is 4.72 Å². The summed E-state index contributed by atoms with van der Waals surface area (Å²) >= 11 is 5.97. The van der Waals surface area contributed by atoms with E-state index in [1.54, 1.807) is 7.11 Å². The zero-order valence-corrected chi connectivity index (χ0v) is 11.2. The van der Waals surface area contributed by atoms with Crippen molar-refractivity contribution < 1.29 is 13.2 Å². The van der Waals surface area contributed by atoms with Gasteiger partial charge in [-0.2, -0.15) is 0 Å². The minimum atomic E-state index is -3.13. The van der Waals surface area contributed by atoms with E-state index in [1.807, 2.05) is 0 Å². The largest absolute Gasteiger partial charge is 0.385 e. The van der Waals surface area contributed by atoms with Crippen LogP contribution in [0.25, 0.3) is 0 Å². The molecule has 1 fully saturated rings. The van der Waals surface area contributed by atoms with Gasteiger partial charge in [0.05, 0.1) is 5.75 Å². The lowest BCUT2D eigenvalue weighted by molar-refractivity contribution is 0.199. The monoisotopic (exact) mass is 269 g/mol. The summed E-state index contributed by atoms with van der Waals surface area (Å²) in [5, 5.41) is 0.225. The molecule has 1 saturated carbocycles. The predicted molar refractivity (Wildman–Crippen MR) is 65.3 cm³/mol. The van der Waals surface area contributed by atoms with Crippen LogP contribution in [-0.4, -0.2) is 39.8 Å². The van der Waals surface area contributed by atoms with Crippen molar-refractivity contribution >= 4 is 21.6 Å². The maximum absolute atomic E-state index is 11.5. The van der Waals surface area contributed by atoms with Crippen molar-refractivity contribution in [2.24, 2.45) is 5.92 Å². The topological polar surface area (TPSA) is 55.4 Å². The molecule has 6 heteroatoms. The Morgan fingerprint density at radius 3 is 2.75 bits per heavy atom. The Labute approximate surface area is 103 Å². The molecule has 0 heterocycles. The molecule has 0 bridgehead atoms. The summed E-state index contributed by atoms with van der Waals surface area (Å²) in [5.41, 5.74) is 0. The van der Waals surface area contributed by atoms with Crippen LogP contribution in [0.4, 0.5) is 0 Å². The van der Waals surface area contributed by atoms with Crippen molar-refractivity contribution in [3.05, 3.63) is 0 Å². The van der Waals surface area contributed by atoms with E-state index in [2.05, 4.69) is 4.72 Å². The lowest BCUT2D eigenvalue weighted by atomic mass is 10.1. The minimum Gasteiger partial charge on any atom is -0.385 e. The molecule has 0 amide bonds. The second-order valence-electron chi connectivity index (χ2n) is 4.29. The molecule has 1 aliphatic rings. The number of methoxy groups -OCH3 is 1. The van der Waals surface area contributed by atoms with E-state index in [4.69, 9.17) is 16.3 Å². The third kappa shape index (κ3) is 5.48. The van der Waals surface area contributed by atoms with Crippen LogP contribution in [0.15, 0.2) is 0 Å². The van der Waals surface area contributed by atoms with Gasteiger partial charge in [0.25, 0.3) is 0 Å². The fourth-order valence-electron chi connectivity index (χ4n) is 1.91. The van der Waals surface area contributed by atoms with Gasteiger partial charge < -0.3 is 4.74 Å². The van der Waals surface area contributed by atoms with E-state index >= 15 is 0 Å².